The molecule has 0 radical (unpaired) electrons. The Labute approximate surface area is 154 Å². The van der Waals surface area contributed by atoms with Crippen molar-refractivity contribution in [2.45, 2.75) is 58.0 Å². The largest absolute Gasteiger partial charge is 0.341 e. The van der Waals surface area contributed by atoms with E-state index in [-0.39, 0.29) is 24.1 Å². The van der Waals surface area contributed by atoms with Gasteiger partial charge in [-0.25, -0.2) is 4.68 Å². The molecule has 138 valence electrons. The fourth-order valence-electron chi connectivity index (χ4n) is 3.53. The van der Waals surface area contributed by atoms with Gasteiger partial charge in [0.05, 0.1) is 5.69 Å². The van der Waals surface area contributed by atoms with Crippen molar-refractivity contribution in [2.75, 3.05) is 7.05 Å². The van der Waals surface area contributed by atoms with Crippen LogP contribution in [0.4, 0.5) is 0 Å². The summed E-state index contributed by atoms with van der Waals surface area (Å²) in [5, 5.41) is 4.41. The predicted molar refractivity (Wildman–Crippen MR) is 103 cm³/mol. The summed E-state index contributed by atoms with van der Waals surface area (Å²) in [6.07, 6.45) is 6.94. The minimum atomic E-state index is -0.247. The number of hydrogen-bond acceptors (Lipinski definition) is 3. The highest BCUT2D eigenvalue weighted by molar-refractivity contribution is 5.76. The van der Waals surface area contributed by atoms with Crippen LogP contribution in [-0.2, 0) is 11.3 Å². The SMILES string of the molecule is Cc1ccc(-c2ccc(=O)n(CC(=O)N(C)C3CCCCCC3)n2)cc1. The molecule has 2 aromatic rings. The fourth-order valence-corrected chi connectivity index (χ4v) is 3.53. The number of likely N-dealkylation sites (N-methyl/N-ethyl adjacent to an activating group) is 1. The third-order valence-electron chi connectivity index (χ3n) is 5.26. The summed E-state index contributed by atoms with van der Waals surface area (Å²) in [5.41, 5.74) is 2.56. The quantitative estimate of drug-likeness (QED) is 0.792. The number of benzene rings is 1. The van der Waals surface area contributed by atoms with E-state index < -0.39 is 0 Å². The Morgan fingerprint density at radius 1 is 1.08 bits per heavy atom. The third kappa shape index (κ3) is 4.40. The number of hydrogen-bond donors (Lipinski definition) is 0. The maximum absolute atomic E-state index is 12.7. The highest BCUT2D eigenvalue weighted by Gasteiger charge is 2.22. The van der Waals surface area contributed by atoms with Crippen LogP contribution in [0.1, 0.15) is 44.1 Å². The average Bonchev–Trinajstić information content (AvgIpc) is 2.93. The molecule has 0 aliphatic heterocycles. The van der Waals surface area contributed by atoms with Crippen LogP contribution < -0.4 is 5.56 Å². The summed E-state index contributed by atoms with van der Waals surface area (Å²) in [6.45, 7) is 2.02. The second-order valence-electron chi connectivity index (χ2n) is 7.23. The van der Waals surface area contributed by atoms with Crippen molar-refractivity contribution in [1.29, 1.82) is 0 Å². The van der Waals surface area contributed by atoms with Gasteiger partial charge >= 0.3 is 0 Å². The van der Waals surface area contributed by atoms with Crippen molar-refractivity contribution in [2.24, 2.45) is 0 Å². The molecule has 1 amide bonds. The molecule has 0 spiro atoms. The maximum Gasteiger partial charge on any atom is 0.267 e. The zero-order valence-electron chi connectivity index (χ0n) is 15.6. The molecule has 1 heterocycles. The topological polar surface area (TPSA) is 55.2 Å². The molecule has 1 saturated carbocycles. The minimum absolute atomic E-state index is 0.00840. The first-order chi connectivity index (χ1) is 12.5. The Balaban J connectivity index is 1.76. The molecule has 0 N–H and O–H groups in total. The molecule has 5 nitrogen and oxygen atoms in total. The van der Waals surface area contributed by atoms with Gasteiger partial charge in [0.25, 0.3) is 5.56 Å². The van der Waals surface area contributed by atoms with Crippen molar-refractivity contribution >= 4 is 5.91 Å². The number of carbonyl (C=O) groups is 1. The lowest BCUT2D eigenvalue weighted by molar-refractivity contribution is -0.133. The van der Waals surface area contributed by atoms with Crippen LogP contribution in [0.25, 0.3) is 11.3 Å². The van der Waals surface area contributed by atoms with Crippen LogP contribution in [0.2, 0.25) is 0 Å². The van der Waals surface area contributed by atoms with Crippen LogP contribution in [0.15, 0.2) is 41.2 Å². The molecular formula is C21H27N3O2. The first-order valence-electron chi connectivity index (χ1n) is 9.45. The van der Waals surface area contributed by atoms with E-state index in [1.165, 1.54) is 42.0 Å². The van der Waals surface area contributed by atoms with Crippen LogP contribution in [0.3, 0.4) is 0 Å². The second kappa shape index (κ2) is 8.30. The highest BCUT2D eigenvalue weighted by atomic mass is 16.2. The van der Waals surface area contributed by atoms with Crippen molar-refractivity contribution < 1.29 is 4.79 Å². The number of nitrogens with zero attached hydrogens (tertiary/aromatic N) is 3. The van der Waals surface area contributed by atoms with Gasteiger partial charge in [0.1, 0.15) is 6.54 Å². The second-order valence-corrected chi connectivity index (χ2v) is 7.23. The number of aromatic nitrogens is 2. The van der Waals surface area contributed by atoms with Crippen molar-refractivity contribution in [1.82, 2.24) is 14.7 Å². The fraction of sp³-hybridized carbons (Fsp3) is 0.476. The Bertz CT molecular complexity index is 803. The van der Waals surface area contributed by atoms with Crippen molar-refractivity contribution in [3.05, 3.63) is 52.3 Å². The molecular weight excluding hydrogens is 326 g/mol. The van der Waals surface area contributed by atoms with E-state index >= 15 is 0 Å². The van der Waals surface area contributed by atoms with Gasteiger partial charge in [-0.3, -0.25) is 9.59 Å². The molecule has 5 heteroatoms. The lowest BCUT2D eigenvalue weighted by Gasteiger charge is -2.27. The molecule has 0 saturated heterocycles. The Hall–Kier alpha value is -2.43. The van der Waals surface area contributed by atoms with E-state index in [2.05, 4.69) is 5.10 Å². The van der Waals surface area contributed by atoms with Crippen molar-refractivity contribution in [3.8, 4) is 11.3 Å². The Kier molecular flexibility index (Phi) is 5.86. The minimum Gasteiger partial charge on any atom is -0.341 e. The summed E-state index contributed by atoms with van der Waals surface area (Å²) < 4.78 is 1.28. The van der Waals surface area contributed by atoms with Gasteiger partial charge in [-0.2, -0.15) is 5.10 Å². The first kappa shape index (κ1) is 18.4. The standard InChI is InChI=1S/C21H27N3O2/c1-16-9-11-17(12-10-16)19-13-14-20(25)24(22-19)15-21(26)23(2)18-7-5-3-4-6-8-18/h9-14,18H,3-8,15H2,1-2H3. The zero-order chi connectivity index (χ0) is 18.5. The third-order valence-corrected chi connectivity index (χ3v) is 5.26. The van der Waals surface area contributed by atoms with Crippen LogP contribution in [0.5, 0.6) is 0 Å². The summed E-state index contributed by atoms with van der Waals surface area (Å²) in [5.74, 6) is -0.0486. The van der Waals surface area contributed by atoms with E-state index in [1.807, 2.05) is 43.1 Å². The monoisotopic (exact) mass is 353 g/mol. The predicted octanol–water partition coefficient (Wildman–Crippen LogP) is 3.40. The molecule has 0 bridgehead atoms. The molecule has 0 unspecified atom stereocenters. The van der Waals surface area contributed by atoms with Gasteiger partial charge in [-0.15, -0.1) is 0 Å². The first-order valence-corrected chi connectivity index (χ1v) is 9.45. The lowest BCUT2D eigenvalue weighted by atomic mass is 10.1. The van der Waals surface area contributed by atoms with Crippen LogP contribution in [-0.4, -0.2) is 33.7 Å². The number of aryl methyl sites for hydroxylation is 1. The normalized spacial score (nSPS) is 15.5. The summed E-state index contributed by atoms with van der Waals surface area (Å²) >= 11 is 0. The average molecular weight is 353 g/mol. The van der Waals surface area contributed by atoms with Gasteiger partial charge in [-0.05, 0) is 25.8 Å². The molecule has 1 aromatic carbocycles. The molecule has 1 aliphatic carbocycles. The summed E-state index contributed by atoms with van der Waals surface area (Å²) in [7, 11) is 1.85. The smallest absolute Gasteiger partial charge is 0.267 e. The van der Waals surface area contributed by atoms with Crippen LogP contribution in [0, 0.1) is 6.92 Å². The van der Waals surface area contributed by atoms with Gasteiger partial charge < -0.3 is 4.90 Å². The maximum atomic E-state index is 12.7. The highest BCUT2D eigenvalue weighted by Crippen LogP contribution is 2.21. The molecule has 26 heavy (non-hydrogen) atoms. The van der Waals surface area contributed by atoms with E-state index in [9.17, 15) is 9.59 Å². The molecule has 1 aliphatic rings. The van der Waals surface area contributed by atoms with E-state index in [1.54, 1.807) is 6.07 Å². The van der Waals surface area contributed by atoms with E-state index in [4.69, 9.17) is 0 Å². The molecule has 1 aromatic heterocycles. The van der Waals surface area contributed by atoms with Gasteiger partial charge in [0, 0.05) is 24.7 Å². The van der Waals surface area contributed by atoms with E-state index in [0.29, 0.717) is 5.69 Å². The van der Waals surface area contributed by atoms with Gasteiger partial charge in [-0.1, -0.05) is 55.5 Å². The number of rotatable bonds is 4. The molecule has 1 fully saturated rings. The number of amides is 1. The summed E-state index contributed by atoms with van der Waals surface area (Å²) in [4.78, 5) is 26.7. The lowest BCUT2D eigenvalue weighted by Crippen LogP contribution is -2.40. The molecule has 3 rings (SSSR count). The Morgan fingerprint density at radius 3 is 2.38 bits per heavy atom. The Morgan fingerprint density at radius 2 is 1.73 bits per heavy atom. The molecule has 0 atom stereocenters. The van der Waals surface area contributed by atoms with Gasteiger partial charge in [0.15, 0.2) is 0 Å². The number of carbonyl (C=O) groups excluding carboxylic acids is 1. The van der Waals surface area contributed by atoms with Crippen molar-refractivity contribution in [3.63, 3.8) is 0 Å². The van der Waals surface area contributed by atoms with Gasteiger partial charge in [0.2, 0.25) is 5.91 Å². The summed E-state index contributed by atoms with van der Waals surface area (Å²) in [6, 6.07) is 11.5. The zero-order valence-corrected chi connectivity index (χ0v) is 15.6. The van der Waals surface area contributed by atoms with Crippen LogP contribution >= 0.6 is 0 Å². The van der Waals surface area contributed by atoms with E-state index in [0.717, 1.165) is 18.4 Å².